The topological polar surface area (TPSA) is 75.2 Å². The van der Waals surface area contributed by atoms with Gasteiger partial charge in [0.2, 0.25) is 12.7 Å². The summed E-state index contributed by atoms with van der Waals surface area (Å²) in [6.45, 7) is 2.53. The van der Waals surface area contributed by atoms with Crippen molar-refractivity contribution in [3.63, 3.8) is 0 Å². The third-order valence-electron chi connectivity index (χ3n) is 5.41. The second-order valence-corrected chi connectivity index (χ2v) is 7.39. The first-order valence-electron chi connectivity index (χ1n) is 10.5. The van der Waals surface area contributed by atoms with E-state index in [1.54, 1.807) is 7.05 Å². The molecule has 0 fully saturated rings. The van der Waals surface area contributed by atoms with E-state index in [1.807, 2.05) is 41.3 Å². The number of para-hydroxylation sites is 1. The average Bonchev–Trinajstić information content (AvgIpc) is 3.41. The average molecular weight is 409 g/mol. The zero-order chi connectivity index (χ0) is 20.8. The molecule has 2 aromatic rings. The summed E-state index contributed by atoms with van der Waals surface area (Å²) in [4.78, 5) is 18.7. The van der Waals surface area contributed by atoms with E-state index in [0.717, 1.165) is 55.5 Å². The highest BCUT2D eigenvalue weighted by molar-refractivity contribution is 5.95. The minimum atomic E-state index is 0.188. The summed E-state index contributed by atoms with van der Waals surface area (Å²) in [6.07, 6.45) is 3.08. The molecule has 0 bridgehead atoms. The van der Waals surface area contributed by atoms with Crippen LogP contribution in [0.15, 0.2) is 47.5 Å². The molecule has 2 aliphatic rings. The van der Waals surface area contributed by atoms with Crippen molar-refractivity contribution in [2.75, 3.05) is 38.4 Å². The first kappa shape index (κ1) is 20.1. The fourth-order valence-corrected chi connectivity index (χ4v) is 3.82. The summed E-state index contributed by atoms with van der Waals surface area (Å²) in [5.74, 6) is 2.54. The lowest BCUT2D eigenvalue weighted by atomic mass is 10.1. The number of hydrogen-bond donors (Lipinski definition) is 2. The smallest absolute Gasteiger partial charge is 0.231 e. The fourth-order valence-electron chi connectivity index (χ4n) is 3.82. The van der Waals surface area contributed by atoms with Crippen molar-refractivity contribution >= 4 is 17.6 Å². The Morgan fingerprint density at radius 1 is 1.10 bits per heavy atom. The number of hydrogen-bond acceptors (Lipinski definition) is 4. The number of guanidine groups is 1. The van der Waals surface area contributed by atoms with E-state index in [0.29, 0.717) is 19.8 Å². The van der Waals surface area contributed by atoms with Crippen molar-refractivity contribution in [3.8, 4) is 11.5 Å². The van der Waals surface area contributed by atoms with Crippen LogP contribution in [0.1, 0.15) is 24.0 Å². The van der Waals surface area contributed by atoms with Gasteiger partial charge in [0.1, 0.15) is 0 Å². The maximum atomic E-state index is 12.6. The Morgan fingerprint density at radius 2 is 1.93 bits per heavy atom. The van der Waals surface area contributed by atoms with E-state index in [-0.39, 0.29) is 5.91 Å². The number of carbonyl (C=O) groups is 1. The zero-order valence-corrected chi connectivity index (χ0v) is 17.3. The number of carbonyl (C=O) groups excluding carboxylic acids is 1. The molecule has 2 N–H and O–H groups in total. The van der Waals surface area contributed by atoms with Crippen LogP contribution in [0.3, 0.4) is 0 Å². The van der Waals surface area contributed by atoms with Gasteiger partial charge in [-0.1, -0.05) is 24.3 Å². The largest absolute Gasteiger partial charge is 0.454 e. The number of nitrogens with zero attached hydrogens (tertiary/aromatic N) is 2. The van der Waals surface area contributed by atoms with Gasteiger partial charge in [-0.3, -0.25) is 9.79 Å². The fraction of sp³-hybridized carbons (Fsp3) is 0.391. The standard InChI is InChI=1S/C23H28N4O3/c1-24-23(26-13-10-17-8-9-20-21(15-17)30-16-29-20)25-12-4-7-22(28)27-14-11-18-5-2-3-6-19(18)27/h2-3,5-6,8-9,15H,4,7,10-14,16H2,1H3,(H2,24,25,26). The summed E-state index contributed by atoms with van der Waals surface area (Å²) in [5.41, 5.74) is 3.51. The molecule has 0 spiro atoms. The van der Waals surface area contributed by atoms with Gasteiger partial charge in [0, 0.05) is 38.8 Å². The van der Waals surface area contributed by atoms with E-state index in [4.69, 9.17) is 9.47 Å². The molecule has 0 saturated heterocycles. The van der Waals surface area contributed by atoms with Crippen LogP contribution >= 0.6 is 0 Å². The minimum absolute atomic E-state index is 0.188. The number of ether oxygens (including phenoxy) is 2. The Bertz CT molecular complexity index is 928. The van der Waals surface area contributed by atoms with Crippen molar-refractivity contribution in [1.82, 2.24) is 10.6 Å². The zero-order valence-electron chi connectivity index (χ0n) is 17.3. The van der Waals surface area contributed by atoms with E-state index in [9.17, 15) is 4.79 Å². The van der Waals surface area contributed by atoms with E-state index < -0.39 is 0 Å². The Kier molecular flexibility index (Phi) is 6.37. The van der Waals surface area contributed by atoms with Gasteiger partial charge in [-0.2, -0.15) is 0 Å². The van der Waals surface area contributed by atoms with Crippen molar-refractivity contribution in [3.05, 3.63) is 53.6 Å². The molecule has 2 aliphatic heterocycles. The molecule has 7 nitrogen and oxygen atoms in total. The maximum absolute atomic E-state index is 12.6. The highest BCUT2D eigenvalue weighted by Gasteiger charge is 2.23. The summed E-state index contributed by atoms with van der Waals surface area (Å²) in [7, 11) is 1.75. The van der Waals surface area contributed by atoms with Crippen LogP contribution in [-0.2, 0) is 17.6 Å². The molecular formula is C23H28N4O3. The number of benzene rings is 2. The van der Waals surface area contributed by atoms with Crippen molar-refractivity contribution in [2.24, 2.45) is 4.99 Å². The Labute approximate surface area is 177 Å². The molecule has 0 radical (unpaired) electrons. The SMILES string of the molecule is CN=C(NCCCC(=O)N1CCc2ccccc21)NCCc1ccc2c(c1)OCO2. The van der Waals surface area contributed by atoms with Gasteiger partial charge in [-0.15, -0.1) is 0 Å². The molecule has 0 saturated carbocycles. The Balaban J connectivity index is 1.15. The lowest BCUT2D eigenvalue weighted by molar-refractivity contribution is -0.118. The van der Waals surface area contributed by atoms with E-state index in [2.05, 4.69) is 21.7 Å². The van der Waals surface area contributed by atoms with Gasteiger partial charge in [0.05, 0.1) is 0 Å². The third kappa shape index (κ3) is 4.67. The maximum Gasteiger partial charge on any atom is 0.231 e. The second-order valence-electron chi connectivity index (χ2n) is 7.39. The van der Waals surface area contributed by atoms with Crippen LogP contribution in [0.4, 0.5) is 5.69 Å². The molecule has 158 valence electrons. The third-order valence-corrected chi connectivity index (χ3v) is 5.41. The van der Waals surface area contributed by atoms with Gasteiger partial charge in [-0.25, -0.2) is 0 Å². The van der Waals surface area contributed by atoms with Gasteiger partial charge in [0.15, 0.2) is 17.5 Å². The first-order chi connectivity index (χ1) is 14.7. The molecule has 1 amide bonds. The van der Waals surface area contributed by atoms with Crippen molar-refractivity contribution in [1.29, 1.82) is 0 Å². The first-order valence-corrected chi connectivity index (χ1v) is 10.5. The molecule has 0 unspecified atom stereocenters. The lowest BCUT2D eigenvalue weighted by Gasteiger charge is -2.17. The predicted molar refractivity (Wildman–Crippen MR) is 117 cm³/mol. The molecule has 0 atom stereocenters. The van der Waals surface area contributed by atoms with Crippen LogP contribution in [0.2, 0.25) is 0 Å². The molecule has 7 heteroatoms. The summed E-state index contributed by atoms with van der Waals surface area (Å²) in [5, 5.41) is 6.60. The minimum Gasteiger partial charge on any atom is -0.454 e. The molecule has 0 aromatic heterocycles. The van der Waals surface area contributed by atoms with Crippen LogP contribution in [0.25, 0.3) is 0 Å². The van der Waals surface area contributed by atoms with Crippen LogP contribution in [0, 0.1) is 0 Å². The summed E-state index contributed by atoms with van der Waals surface area (Å²) >= 11 is 0. The highest BCUT2D eigenvalue weighted by Crippen LogP contribution is 2.32. The highest BCUT2D eigenvalue weighted by atomic mass is 16.7. The monoisotopic (exact) mass is 408 g/mol. The van der Waals surface area contributed by atoms with E-state index >= 15 is 0 Å². The van der Waals surface area contributed by atoms with Crippen molar-refractivity contribution < 1.29 is 14.3 Å². The summed E-state index contributed by atoms with van der Waals surface area (Å²) in [6, 6.07) is 14.2. The van der Waals surface area contributed by atoms with Crippen LogP contribution in [-0.4, -0.2) is 45.3 Å². The molecule has 30 heavy (non-hydrogen) atoms. The number of fused-ring (bicyclic) bond motifs is 2. The Morgan fingerprint density at radius 3 is 2.83 bits per heavy atom. The van der Waals surface area contributed by atoms with Crippen LogP contribution < -0.4 is 25.0 Å². The quantitative estimate of drug-likeness (QED) is 0.418. The lowest BCUT2D eigenvalue weighted by Crippen LogP contribution is -2.39. The second kappa shape index (κ2) is 9.52. The molecule has 0 aliphatic carbocycles. The van der Waals surface area contributed by atoms with Gasteiger partial charge < -0.3 is 25.0 Å². The molecule has 4 rings (SSSR count). The number of aliphatic imine (C=N–C) groups is 1. The van der Waals surface area contributed by atoms with Crippen LogP contribution in [0.5, 0.6) is 11.5 Å². The molecule has 2 aromatic carbocycles. The van der Waals surface area contributed by atoms with Gasteiger partial charge >= 0.3 is 0 Å². The molecule has 2 heterocycles. The van der Waals surface area contributed by atoms with Gasteiger partial charge in [-0.05, 0) is 48.6 Å². The number of nitrogens with one attached hydrogen (secondary N) is 2. The number of anilines is 1. The van der Waals surface area contributed by atoms with E-state index in [1.165, 1.54) is 11.1 Å². The normalized spacial score (nSPS) is 14.6. The van der Waals surface area contributed by atoms with Crippen molar-refractivity contribution in [2.45, 2.75) is 25.7 Å². The number of amides is 1. The summed E-state index contributed by atoms with van der Waals surface area (Å²) < 4.78 is 10.8. The Hall–Kier alpha value is -3.22. The predicted octanol–water partition coefficient (Wildman–Crippen LogP) is 2.49. The number of rotatable bonds is 7. The van der Waals surface area contributed by atoms with Gasteiger partial charge in [0.25, 0.3) is 0 Å². The molecular weight excluding hydrogens is 380 g/mol.